The molecule has 172 valence electrons. The Kier molecular flexibility index (Phi) is 8.49. The molecule has 0 radical (unpaired) electrons. The molecule has 3 aromatic rings. The Labute approximate surface area is 205 Å². The molecule has 8 nitrogen and oxygen atoms in total. The molecule has 1 aromatic heterocycles. The van der Waals surface area contributed by atoms with E-state index in [1.165, 1.54) is 21.3 Å². The number of fused-ring (bicyclic) bond motifs is 1. The molecule has 1 saturated heterocycles. The SMILES string of the molecule is CCNC(=NCc1ccc2ccccc2c1)N1CCN(S(=O)(=O)Cc2ccon2)CC1.I. The lowest BCUT2D eigenvalue weighted by Crippen LogP contribution is -2.53. The Bertz CT molecular complexity index is 1140. The van der Waals surface area contributed by atoms with Gasteiger partial charge in [0.15, 0.2) is 5.96 Å². The summed E-state index contributed by atoms with van der Waals surface area (Å²) in [5, 5.41) is 9.46. The maximum atomic E-state index is 12.7. The number of benzene rings is 2. The summed E-state index contributed by atoms with van der Waals surface area (Å²) in [7, 11) is -3.42. The second kappa shape index (κ2) is 11.1. The summed E-state index contributed by atoms with van der Waals surface area (Å²) in [6.07, 6.45) is 1.39. The second-order valence-corrected chi connectivity index (χ2v) is 9.45. The van der Waals surface area contributed by atoms with Crippen molar-refractivity contribution in [1.29, 1.82) is 0 Å². The van der Waals surface area contributed by atoms with Gasteiger partial charge in [-0.05, 0) is 29.3 Å². The molecule has 1 aliphatic heterocycles. The number of aliphatic imine (C=N–C) groups is 1. The lowest BCUT2D eigenvalue weighted by molar-refractivity contribution is 0.259. The number of hydrogen-bond acceptors (Lipinski definition) is 5. The van der Waals surface area contributed by atoms with Gasteiger partial charge in [-0.1, -0.05) is 41.6 Å². The van der Waals surface area contributed by atoms with Crippen LogP contribution in [0.4, 0.5) is 0 Å². The third kappa shape index (κ3) is 5.99. The second-order valence-electron chi connectivity index (χ2n) is 7.48. The van der Waals surface area contributed by atoms with Gasteiger partial charge in [0.05, 0.1) is 12.2 Å². The van der Waals surface area contributed by atoms with E-state index in [1.807, 2.05) is 19.1 Å². The zero-order valence-corrected chi connectivity index (χ0v) is 21.1. The van der Waals surface area contributed by atoms with E-state index in [0.717, 1.165) is 18.1 Å². The normalized spacial score (nSPS) is 15.5. The van der Waals surface area contributed by atoms with Gasteiger partial charge in [0.25, 0.3) is 0 Å². The standard InChI is InChI=1S/C22H27N5O3S.HI/c1-2-23-22(24-16-18-7-8-19-5-3-4-6-20(19)15-18)26-10-12-27(13-11-26)31(28,29)17-21-9-14-30-25-21;/h3-9,14-15H,2,10-13,16-17H2,1H3,(H,23,24);1H. The fourth-order valence-electron chi connectivity index (χ4n) is 3.70. The molecule has 2 aromatic carbocycles. The van der Waals surface area contributed by atoms with Gasteiger partial charge < -0.3 is 14.7 Å². The molecule has 0 spiro atoms. The van der Waals surface area contributed by atoms with E-state index in [0.29, 0.717) is 38.4 Å². The van der Waals surface area contributed by atoms with Gasteiger partial charge in [0, 0.05) is 38.8 Å². The van der Waals surface area contributed by atoms with E-state index in [-0.39, 0.29) is 29.7 Å². The minimum absolute atomic E-state index is 0. The van der Waals surface area contributed by atoms with Crippen LogP contribution in [0.1, 0.15) is 18.2 Å². The van der Waals surface area contributed by atoms with Gasteiger partial charge >= 0.3 is 0 Å². The first-order chi connectivity index (χ1) is 15.0. The van der Waals surface area contributed by atoms with E-state index < -0.39 is 10.0 Å². The Morgan fingerprint density at radius 3 is 2.53 bits per heavy atom. The number of hydrogen-bond donors (Lipinski definition) is 1. The van der Waals surface area contributed by atoms with Gasteiger partial charge in [-0.25, -0.2) is 13.4 Å². The van der Waals surface area contributed by atoms with Crippen molar-refractivity contribution < 1.29 is 12.9 Å². The third-order valence-electron chi connectivity index (χ3n) is 5.31. The van der Waals surface area contributed by atoms with Gasteiger partial charge in [0.1, 0.15) is 12.0 Å². The minimum atomic E-state index is -3.42. The van der Waals surface area contributed by atoms with Crippen molar-refractivity contribution in [2.24, 2.45) is 4.99 Å². The van der Waals surface area contributed by atoms with E-state index in [2.05, 4.69) is 45.7 Å². The number of aromatic nitrogens is 1. The summed E-state index contributed by atoms with van der Waals surface area (Å²) < 4.78 is 31.6. The fraction of sp³-hybridized carbons (Fsp3) is 0.364. The van der Waals surface area contributed by atoms with Crippen LogP contribution in [0.2, 0.25) is 0 Å². The Morgan fingerprint density at radius 2 is 1.84 bits per heavy atom. The van der Waals surface area contributed by atoms with Crippen LogP contribution in [0.15, 0.2) is 64.3 Å². The first kappa shape index (κ1) is 24.5. The largest absolute Gasteiger partial charge is 0.364 e. The molecule has 0 atom stereocenters. The first-order valence-electron chi connectivity index (χ1n) is 10.4. The van der Waals surface area contributed by atoms with Gasteiger partial charge in [-0.15, -0.1) is 24.0 Å². The van der Waals surface area contributed by atoms with Crippen LogP contribution in [0.5, 0.6) is 0 Å². The number of halogens is 1. The topological polar surface area (TPSA) is 91.0 Å². The summed E-state index contributed by atoms with van der Waals surface area (Å²) in [6.45, 7) is 5.35. The molecule has 1 N–H and O–H groups in total. The van der Waals surface area contributed by atoms with Gasteiger partial charge in [-0.3, -0.25) is 0 Å². The van der Waals surface area contributed by atoms with E-state index in [9.17, 15) is 8.42 Å². The van der Waals surface area contributed by atoms with Crippen LogP contribution >= 0.6 is 24.0 Å². The molecular weight excluding hydrogens is 541 g/mol. The van der Waals surface area contributed by atoms with E-state index in [4.69, 9.17) is 9.52 Å². The Morgan fingerprint density at radius 1 is 1.09 bits per heavy atom. The van der Waals surface area contributed by atoms with Gasteiger partial charge in [0.2, 0.25) is 10.0 Å². The Hall–Kier alpha value is -2.18. The van der Waals surface area contributed by atoms with Crippen LogP contribution in [0, 0.1) is 0 Å². The zero-order valence-electron chi connectivity index (χ0n) is 18.0. The van der Waals surface area contributed by atoms with Crippen LogP contribution in [-0.4, -0.2) is 61.5 Å². The van der Waals surface area contributed by atoms with Crippen molar-refractivity contribution in [1.82, 2.24) is 19.7 Å². The number of sulfonamides is 1. The molecule has 1 aliphatic rings. The average molecular weight is 569 g/mol. The van der Waals surface area contributed by atoms with Crippen molar-refractivity contribution in [2.75, 3.05) is 32.7 Å². The summed E-state index contributed by atoms with van der Waals surface area (Å²) in [6, 6.07) is 16.2. The van der Waals surface area contributed by atoms with Crippen LogP contribution < -0.4 is 5.32 Å². The maximum absolute atomic E-state index is 12.7. The van der Waals surface area contributed by atoms with Crippen molar-refractivity contribution in [3.63, 3.8) is 0 Å². The third-order valence-corrected chi connectivity index (χ3v) is 7.13. The maximum Gasteiger partial charge on any atom is 0.220 e. The van der Waals surface area contributed by atoms with Crippen molar-refractivity contribution in [3.8, 4) is 0 Å². The first-order valence-corrected chi connectivity index (χ1v) is 12.0. The zero-order chi connectivity index (χ0) is 21.7. The predicted octanol–water partition coefficient (Wildman–Crippen LogP) is 3.06. The number of rotatable bonds is 6. The average Bonchev–Trinajstić information content (AvgIpc) is 3.29. The van der Waals surface area contributed by atoms with Gasteiger partial charge in [-0.2, -0.15) is 4.31 Å². The van der Waals surface area contributed by atoms with Crippen molar-refractivity contribution in [2.45, 2.75) is 19.2 Å². The highest BCUT2D eigenvalue weighted by Crippen LogP contribution is 2.17. The molecule has 0 aliphatic carbocycles. The summed E-state index contributed by atoms with van der Waals surface area (Å²) >= 11 is 0. The minimum Gasteiger partial charge on any atom is -0.364 e. The molecule has 0 amide bonds. The van der Waals surface area contributed by atoms with Crippen molar-refractivity contribution in [3.05, 3.63) is 66.1 Å². The summed E-state index contributed by atoms with van der Waals surface area (Å²) in [5.41, 5.74) is 1.57. The van der Waals surface area contributed by atoms with E-state index >= 15 is 0 Å². The molecule has 4 rings (SSSR count). The Balaban J connectivity index is 0.00000289. The molecular formula is C22H28IN5O3S. The molecule has 2 heterocycles. The fourth-order valence-corrected chi connectivity index (χ4v) is 5.12. The molecule has 0 unspecified atom stereocenters. The van der Waals surface area contributed by atoms with Crippen molar-refractivity contribution >= 4 is 50.7 Å². The highest BCUT2D eigenvalue weighted by Gasteiger charge is 2.29. The molecule has 10 heteroatoms. The summed E-state index contributed by atoms with van der Waals surface area (Å²) in [5.74, 6) is 0.670. The number of guanidine groups is 1. The lowest BCUT2D eigenvalue weighted by atomic mass is 10.1. The molecule has 1 fully saturated rings. The highest BCUT2D eigenvalue weighted by atomic mass is 127. The quantitative estimate of drug-likeness (QED) is 0.279. The monoisotopic (exact) mass is 569 g/mol. The predicted molar refractivity (Wildman–Crippen MR) is 136 cm³/mol. The van der Waals surface area contributed by atoms with E-state index in [1.54, 1.807) is 6.07 Å². The molecule has 0 bridgehead atoms. The highest BCUT2D eigenvalue weighted by molar-refractivity contribution is 14.0. The summed E-state index contributed by atoms with van der Waals surface area (Å²) in [4.78, 5) is 6.92. The molecule has 32 heavy (non-hydrogen) atoms. The van der Waals surface area contributed by atoms with Crippen LogP contribution in [0.25, 0.3) is 10.8 Å². The molecule has 0 saturated carbocycles. The number of nitrogens with one attached hydrogen (secondary N) is 1. The lowest BCUT2D eigenvalue weighted by Gasteiger charge is -2.35. The smallest absolute Gasteiger partial charge is 0.220 e. The number of nitrogens with zero attached hydrogens (tertiary/aromatic N) is 4. The van der Waals surface area contributed by atoms with Crippen LogP contribution in [0.3, 0.4) is 0 Å². The van der Waals surface area contributed by atoms with Crippen LogP contribution in [-0.2, 0) is 22.3 Å². The number of piperazine rings is 1.